The van der Waals surface area contributed by atoms with E-state index in [1.165, 1.54) is 6.20 Å². The van der Waals surface area contributed by atoms with E-state index in [9.17, 15) is 4.79 Å². The zero-order valence-corrected chi connectivity index (χ0v) is 6.97. The van der Waals surface area contributed by atoms with E-state index >= 15 is 0 Å². The summed E-state index contributed by atoms with van der Waals surface area (Å²) < 4.78 is 0. The summed E-state index contributed by atoms with van der Waals surface area (Å²) in [6.07, 6.45) is 4.72. The van der Waals surface area contributed by atoms with E-state index in [2.05, 4.69) is 4.98 Å². The normalized spacial score (nSPS) is 10.5. The van der Waals surface area contributed by atoms with E-state index in [0.29, 0.717) is 11.4 Å². The van der Waals surface area contributed by atoms with Crippen molar-refractivity contribution in [3.63, 3.8) is 0 Å². The van der Waals surface area contributed by atoms with Crippen LogP contribution in [0, 0.1) is 0 Å². The summed E-state index contributed by atoms with van der Waals surface area (Å²) in [7, 11) is 0. The Morgan fingerprint density at radius 3 is 2.92 bits per heavy atom. The van der Waals surface area contributed by atoms with Crippen LogP contribution >= 0.6 is 0 Å². The van der Waals surface area contributed by atoms with Crippen LogP contribution in [0.4, 0.5) is 5.69 Å². The summed E-state index contributed by atoms with van der Waals surface area (Å²) in [5.74, 6) is -0.855. The fourth-order valence-electron chi connectivity index (χ4n) is 0.796. The van der Waals surface area contributed by atoms with Gasteiger partial charge in [-0.2, -0.15) is 0 Å². The van der Waals surface area contributed by atoms with Gasteiger partial charge in [0.15, 0.2) is 0 Å². The predicted octanol–water partition coefficient (Wildman–Crippen LogP) is 1.15. The predicted molar refractivity (Wildman–Crippen MR) is 49.9 cm³/mol. The molecule has 13 heavy (non-hydrogen) atoms. The Morgan fingerprint density at radius 1 is 1.62 bits per heavy atom. The third-order valence-corrected chi connectivity index (χ3v) is 1.39. The van der Waals surface area contributed by atoms with Gasteiger partial charge in [-0.25, -0.2) is 0 Å². The molecule has 1 rings (SSSR count). The summed E-state index contributed by atoms with van der Waals surface area (Å²) >= 11 is 0. The van der Waals surface area contributed by atoms with Crippen molar-refractivity contribution < 1.29 is 9.90 Å². The standard InChI is InChI=1S/C9H10N2O2/c10-7-4-5-8(11-6-7)2-1-3-9(12)13/h1-2,4-6H,3,10H2,(H,12,13). The minimum absolute atomic E-state index is 0.00601. The number of hydrogen-bond donors (Lipinski definition) is 2. The number of aromatic nitrogens is 1. The van der Waals surface area contributed by atoms with Crippen molar-refractivity contribution in [3.05, 3.63) is 30.1 Å². The van der Waals surface area contributed by atoms with Crippen LogP contribution in [0.25, 0.3) is 6.08 Å². The maximum Gasteiger partial charge on any atom is 0.307 e. The fourth-order valence-corrected chi connectivity index (χ4v) is 0.796. The molecule has 0 spiro atoms. The molecule has 0 saturated heterocycles. The molecule has 0 bridgehead atoms. The minimum atomic E-state index is -0.855. The highest BCUT2D eigenvalue weighted by Crippen LogP contribution is 2.03. The van der Waals surface area contributed by atoms with Crippen LogP contribution < -0.4 is 5.73 Å². The molecule has 68 valence electrons. The van der Waals surface area contributed by atoms with Crippen LogP contribution in [0.5, 0.6) is 0 Å². The van der Waals surface area contributed by atoms with Gasteiger partial charge >= 0.3 is 5.97 Å². The Balaban J connectivity index is 2.59. The Bertz CT molecular complexity index is 317. The number of nitrogens with two attached hydrogens (primary N) is 1. The largest absolute Gasteiger partial charge is 0.481 e. The zero-order chi connectivity index (χ0) is 9.68. The van der Waals surface area contributed by atoms with Crippen molar-refractivity contribution in [2.45, 2.75) is 6.42 Å². The first kappa shape index (κ1) is 9.25. The van der Waals surface area contributed by atoms with Crippen LogP contribution in [0.1, 0.15) is 12.1 Å². The fraction of sp³-hybridized carbons (Fsp3) is 0.111. The maximum atomic E-state index is 10.2. The average molecular weight is 178 g/mol. The Labute approximate surface area is 75.7 Å². The van der Waals surface area contributed by atoms with Gasteiger partial charge in [-0.1, -0.05) is 6.08 Å². The molecule has 0 aliphatic heterocycles. The lowest BCUT2D eigenvalue weighted by atomic mass is 10.3. The number of hydrogen-bond acceptors (Lipinski definition) is 3. The number of nitrogens with zero attached hydrogens (tertiary/aromatic N) is 1. The lowest BCUT2D eigenvalue weighted by molar-refractivity contribution is -0.135. The molecule has 0 atom stereocenters. The molecule has 0 unspecified atom stereocenters. The number of pyridine rings is 1. The average Bonchev–Trinajstić information content (AvgIpc) is 2.08. The zero-order valence-electron chi connectivity index (χ0n) is 6.97. The molecule has 1 aromatic rings. The molecule has 0 radical (unpaired) electrons. The smallest absolute Gasteiger partial charge is 0.307 e. The monoisotopic (exact) mass is 178 g/mol. The van der Waals surface area contributed by atoms with E-state index in [1.807, 2.05) is 0 Å². The lowest BCUT2D eigenvalue weighted by Gasteiger charge is -1.92. The second-order valence-corrected chi connectivity index (χ2v) is 2.52. The van der Waals surface area contributed by atoms with Crippen LogP contribution in [-0.2, 0) is 4.79 Å². The Kier molecular flexibility index (Phi) is 3.03. The summed E-state index contributed by atoms with van der Waals surface area (Å²) in [4.78, 5) is 14.1. The molecule has 1 aromatic heterocycles. The molecule has 0 aromatic carbocycles. The van der Waals surface area contributed by atoms with Crippen LogP contribution in [-0.4, -0.2) is 16.1 Å². The number of carboxylic acid groups (broad SMARTS) is 1. The maximum absolute atomic E-state index is 10.2. The van der Waals surface area contributed by atoms with E-state index in [4.69, 9.17) is 10.8 Å². The van der Waals surface area contributed by atoms with Gasteiger partial charge in [-0.3, -0.25) is 9.78 Å². The van der Waals surface area contributed by atoms with Gasteiger partial charge in [0, 0.05) is 0 Å². The van der Waals surface area contributed by atoms with Gasteiger partial charge in [0.25, 0.3) is 0 Å². The molecule has 4 nitrogen and oxygen atoms in total. The molecule has 0 fully saturated rings. The third-order valence-electron chi connectivity index (χ3n) is 1.39. The van der Waals surface area contributed by atoms with Crippen molar-refractivity contribution in [2.75, 3.05) is 5.73 Å². The topological polar surface area (TPSA) is 76.2 Å². The van der Waals surface area contributed by atoms with Gasteiger partial charge in [-0.15, -0.1) is 0 Å². The molecular formula is C9H10N2O2. The lowest BCUT2D eigenvalue weighted by Crippen LogP contribution is -1.90. The molecule has 1 heterocycles. The van der Waals surface area contributed by atoms with Crippen molar-refractivity contribution in [1.82, 2.24) is 4.98 Å². The van der Waals surface area contributed by atoms with E-state index in [0.717, 1.165) is 0 Å². The molecule has 0 amide bonds. The van der Waals surface area contributed by atoms with Crippen LogP contribution in [0.2, 0.25) is 0 Å². The van der Waals surface area contributed by atoms with E-state index in [1.54, 1.807) is 24.3 Å². The molecule has 0 saturated carbocycles. The van der Waals surface area contributed by atoms with Crippen molar-refractivity contribution in [3.8, 4) is 0 Å². The number of aliphatic carboxylic acids is 1. The summed E-state index contributed by atoms with van der Waals surface area (Å²) in [5, 5.41) is 8.34. The van der Waals surface area contributed by atoms with Gasteiger partial charge in [0.2, 0.25) is 0 Å². The van der Waals surface area contributed by atoms with Gasteiger partial charge in [-0.05, 0) is 18.2 Å². The molecule has 0 aliphatic rings. The van der Waals surface area contributed by atoms with Gasteiger partial charge in [0.1, 0.15) is 0 Å². The highest BCUT2D eigenvalue weighted by atomic mass is 16.4. The first-order valence-corrected chi connectivity index (χ1v) is 3.78. The second kappa shape index (κ2) is 4.25. The molecule has 3 N–H and O–H groups in total. The highest BCUT2D eigenvalue weighted by molar-refractivity contribution is 5.70. The SMILES string of the molecule is Nc1ccc(C=CCC(=O)O)nc1. The van der Waals surface area contributed by atoms with Crippen molar-refractivity contribution >= 4 is 17.7 Å². The number of nitrogen functional groups attached to an aromatic ring is 1. The van der Waals surface area contributed by atoms with Gasteiger partial charge in [0.05, 0.1) is 24.0 Å². The van der Waals surface area contributed by atoms with E-state index < -0.39 is 5.97 Å². The quantitative estimate of drug-likeness (QED) is 0.727. The Hall–Kier alpha value is -1.84. The molecule has 4 heteroatoms. The van der Waals surface area contributed by atoms with E-state index in [-0.39, 0.29) is 6.42 Å². The van der Waals surface area contributed by atoms with Crippen molar-refractivity contribution in [2.24, 2.45) is 0 Å². The minimum Gasteiger partial charge on any atom is -0.481 e. The molecule has 0 aliphatic carbocycles. The Morgan fingerprint density at radius 2 is 2.38 bits per heavy atom. The van der Waals surface area contributed by atoms with Crippen molar-refractivity contribution in [1.29, 1.82) is 0 Å². The number of carbonyl (C=O) groups is 1. The number of rotatable bonds is 3. The van der Waals surface area contributed by atoms with Crippen LogP contribution in [0.15, 0.2) is 24.4 Å². The first-order chi connectivity index (χ1) is 6.18. The highest BCUT2D eigenvalue weighted by Gasteiger charge is 1.91. The summed E-state index contributed by atoms with van der Waals surface area (Å²) in [6, 6.07) is 3.45. The third kappa shape index (κ3) is 3.37. The molecular weight excluding hydrogens is 168 g/mol. The summed E-state index contributed by atoms with van der Waals surface area (Å²) in [6.45, 7) is 0. The second-order valence-electron chi connectivity index (χ2n) is 2.52. The van der Waals surface area contributed by atoms with Crippen LogP contribution in [0.3, 0.4) is 0 Å². The summed E-state index contributed by atoms with van der Waals surface area (Å²) in [5.41, 5.74) is 6.72. The van der Waals surface area contributed by atoms with Gasteiger partial charge < -0.3 is 10.8 Å². The number of carboxylic acids is 1. The first-order valence-electron chi connectivity index (χ1n) is 3.78. The number of anilines is 1.